The Morgan fingerprint density at radius 3 is 2.45 bits per heavy atom. The number of carbonyl (C=O) groups is 2. The maximum atomic E-state index is 12.7. The molecule has 0 aliphatic carbocycles. The number of hydrogen-bond acceptors (Lipinski definition) is 2. The number of nitrogens with one attached hydrogen (secondary N) is 1. The van der Waals surface area contributed by atoms with Crippen molar-refractivity contribution < 1.29 is 14.0 Å². The van der Waals surface area contributed by atoms with Gasteiger partial charge in [-0.3, -0.25) is 9.59 Å². The molecule has 5 heteroatoms. The summed E-state index contributed by atoms with van der Waals surface area (Å²) in [7, 11) is 0. The molecule has 1 rings (SSSR count). The van der Waals surface area contributed by atoms with Gasteiger partial charge in [0, 0.05) is 20.0 Å². The van der Waals surface area contributed by atoms with Crippen LogP contribution in [0.5, 0.6) is 0 Å². The van der Waals surface area contributed by atoms with Crippen LogP contribution in [-0.4, -0.2) is 36.3 Å². The second-order valence-corrected chi connectivity index (χ2v) is 4.67. The normalized spacial score (nSPS) is 10.2. The van der Waals surface area contributed by atoms with Gasteiger partial charge in [-0.2, -0.15) is 0 Å². The van der Waals surface area contributed by atoms with Crippen molar-refractivity contribution in [2.75, 3.05) is 19.6 Å². The molecule has 0 fully saturated rings. The molecule has 0 atom stereocenters. The van der Waals surface area contributed by atoms with E-state index >= 15 is 0 Å². The summed E-state index contributed by atoms with van der Waals surface area (Å²) < 4.78 is 12.7. The minimum atomic E-state index is -0.269. The summed E-state index contributed by atoms with van der Waals surface area (Å²) >= 11 is 0. The van der Waals surface area contributed by atoms with Gasteiger partial charge in [-0.25, -0.2) is 4.39 Å². The number of nitrogens with zero attached hydrogens (tertiary/aromatic N) is 1. The highest BCUT2D eigenvalue weighted by Gasteiger charge is 2.11. The number of amides is 2. The van der Waals surface area contributed by atoms with E-state index in [4.69, 9.17) is 0 Å². The molecular weight excluding hydrogens is 259 g/mol. The van der Waals surface area contributed by atoms with Gasteiger partial charge in [0.25, 0.3) is 0 Å². The van der Waals surface area contributed by atoms with Gasteiger partial charge in [-0.15, -0.1) is 0 Å². The molecule has 20 heavy (non-hydrogen) atoms. The Bertz CT molecular complexity index is 446. The maximum absolute atomic E-state index is 12.7. The van der Waals surface area contributed by atoms with Crippen molar-refractivity contribution in [3.63, 3.8) is 0 Å². The molecule has 0 radical (unpaired) electrons. The lowest BCUT2D eigenvalue weighted by atomic mass is 10.1. The van der Waals surface area contributed by atoms with Gasteiger partial charge < -0.3 is 10.2 Å². The molecule has 0 unspecified atom stereocenters. The number of benzene rings is 1. The summed E-state index contributed by atoms with van der Waals surface area (Å²) in [4.78, 5) is 24.5. The molecule has 4 nitrogen and oxygen atoms in total. The zero-order valence-electron chi connectivity index (χ0n) is 12.0. The Morgan fingerprint density at radius 2 is 1.90 bits per heavy atom. The first-order valence-electron chi connectivity index (χ1n) is 6.79. The number of rotatable bonds is 7. The van der Waals surface area contributed by atoms with Crippen molar-refractivity contribution in [1.29, 1.82) is 0 Å². The van der Waals surface area contributed by atoms with Crippen LogP contribution in [0.3, 0.4) is 0 Å². The molecule has 110 valence electrons. The quantitative estimate of drug-likeness (QED) is 0.827. The molecule has 0 saturated carbocycles. The van der Waals surface area contributed by atoms with Crippen molar-refractivity contribution in [3.05, 3.63) is 35.6 Å². The maximum Gasteiger partial charge on any atom is 0.239 e. The smallest absolute Gasteiger partial charge is 0.239 e. The van der Waals surface area contributed by atoms with Gasteiger partial charge in [0.1, 0.15) is 5.82 Å². The van der Waals surface area contributed by atoms with Gasteiger partial charge in [0.05, 0.1) is 6.54 Å². The van der Waals surface area contributed by atoms with Crippen LogP contribution < -0.4 is 5.32 Å². The first-order chi connectivity index (χ1) is 9.52. The lowest BCUT2D eigenvalue weighted by Crippen LogP contribution is -2.40. The predicted octanol–water partition coefficient (Wildman–Crippen LogP) is 1.74. The lowest BCUT2D eigenvalue weighted by Gasteiger charge is -2.19. The molecule has 0 saturated heterocycles. The second kappa shape index (κ2) is 8.30. The van der Waals surface area contributed by atoms with Crippen molar-refractivity contribution in [2.45, 2.75) is 26.7 Å². The Balaban J connectivity index is 2.32. The van der Waals surface area contributed by atoms with E-state index in [1.54, 1.807) is 12.1 Å². The van der Waals surface area contributed by atoms with Crippen molar-refractivity contribution in [1.82, 2.24) is 10.2 Å². The predicted molar refractivity (Wildman–Crippen MR) is 75.7 cm³/mol. The van der Waals surface area contributed by atoms with E-state index in [1.807, 2.05) is 6.92 Å². The highest BCUT2D eigenvalue weighted by atomic mass is 19.1. The minimum Gasteiger partial charge on any atom is -0.354 e. The molecule has 0 spiro atoms. The SMILES string of the molecule is CCCN(CC(=O)NCCc1ccc(F)cc1)C(C)=O. The van der Waals surface area contributed by atoms with Crippen molar-refractivity contribution >= 4 is 11.8 Å². The molecular formula is C15H21FN2O2. The minimum absolute atomic E-state index is 0.0899. The van der Waals surface area contributed by atoms with Crippen LogP contribution in [0.1, 0.15) is 25.8 Å². The molecule has 0 bridgehead atoms. The summed E-state index contributed by atoms with van der Waals surface area (Å²) in [6.07, 6.45) is 1.46. The first-order valence-corrected chi connectivity index (χ1v) is 6.79. The van der Waals surface area contributed by atoms with E-state index in [1.165, 1.54) is 24.0 Å². The molecule has 0 aliphatic heterocycles. The van der Waals surface area contributed by atoms with Gasteiger partial charge in [0.2, 0.25) is 11.8 Å². The molecule has 2 amide bonds. The molecule has 0 aromatic heterocycles. The van der Waals surface area contributed by atoms with E-state index < -0.39 is 0 Å². The van der Waals surface area contributed by atoms with Gasteiger partial charge >= 0.3 is 0 Å². The summed E-state index contributed by atoms with van der Waals surface area (Å²) in [5.41, 5.74) is 0.962. The Kier molecular flexibility index (Phi) is 6.70. The van der Waals surface area contributed by atoms with Crippen LogP contribution in [-0.2, 0) is 16.0 Å². The van der Waals surface area contributed by atoms with Crippen LogP contribution in [0.2, 0.25) is 0 Å². The van der Waals surface area contributed by atoms with Crippen LogP contribution in [0.25, 0.3) is 0 Å². The van der Waals surface area contributed by atoms with Gasteiger partial charge in [0.15, 0.2) is 0 Å². The average Bonchev–Trinajstić information content (AvgIpc) is 2.40. The second-order valence-electron chi connectivity index (χ2n) is 4.67. The number of halogens is 1. The summed E-state index contributed by atoms with van der Waals surface area (Å²) in [5.74, 6) is -0.536. The number of carbonyl (C=O) groups excluding carboxylic acids is 2. The fourth-order valence-corrected chi connectivity index (χ4v) is 1.84. The van der Waals surface area contributed by atoms with E-state index in [2.05, 4.69) is 5.32 Å². The highest BCUT2D eigenvalue weighted by Crippen LogP contribution is 2.02. The van der Waals surface area contributed by atoms with E-state index in [-0.39, 0.29) is 24.2 Å². The third-order valence-electron chi connectivity index (χ3n) is 2.92. The van der Waals surface area contributed by atoms with E-state index in [0.717, 1.165) is 12.0 Å². The molecule has 1 aromatic carbocycles. The summed E-state index contributed by atoms with van der Waals surface area (Å²) in [5, 5.41) is 2.76. The van der Waals surface area contributed by atoms with Crippen molar-refractivity contribution in [2.24, 2.45) is 0 Å². The van der Waals surface area contributed by atoms with Gasteiger partial charge in [-0.05, 0) is 30.5 Å². The highest BCUT2D eigenvalue weighted by molar-refractivity contribution is 5.83. The first kappa shape index (κ1) is 16.1. The standard InChI is InChI=1S/C15H21FN2O2/c1-3-10-18(12(2)19)11-15(20)17-9-8-13-4-6-14(16)7-5-13/h4-7H,3,8-11H2,1-2H3,(H,17,20). The Morgan fingerprint density at radius 1 is 1.25 bits per heavy atom. The third kappa shape index (κ3) is 5.82. The monoisotopic (exact) mass is 280 g/mol. The lowest BCUT2D eigenvalue weighted by molar-refractivity contribution is -0.134. The van der Waals surface area contributed by atoms with Crippen molar-refractivity contribution in [3.8, 4) is 0 Å². The molecule has 0 aliphatic rings. The largest absolute Gasteiger partial charge is 0.354 e. The summed E-state index contributed by atoms with van der Waals surface area (Å²) in [6.45, 7) is 4.57. The van der Waals surface area contributed by atoms with Crippen LogP contribution in [0.4, 0.5) is 4.39 Å². The third-order valence-corrected chi connectivity index (χ3v) is 2.92. The van der Waals surface area contributed by atoms with Crippen LogP contribution in [0.15, 0.2) is 24.3 Å². The Hall–Kier alpha value is -1.91. The fourth-order valence-electron chi connectivity index (χ4n) is 1.84. The average molecular weight is 280 g/mol. The van der Waals surface area contributed by atoms with Gasteiger partial charge in [-0.1, -0.05) is 19.1 Å². The van der Waals surface area contributed by atoms with E-state index in [0.29, 0.717) is 19.5 Å². The van der Waals surface area contributed by atoms with Crippen LogP contribution in [0, 0.1) is 5.82 Å². The number of hydrogen-bond donors (Lipinski definition) is 1. The fraction of sp³-hybridized carbons (Fsp3) is 0.467. The molecule has 0 heterocycles. The zero-order valence-corrected chi connectivity index (χ0v) is 12.0. The molecule has 1 aromatic rings. The topological polar surface area (TPSA) is 49.4 Å². The van der Waals surface area contributed by atoms with Crippen LogP contribution >= 0.6 is 0 Å². The zero-order chi connectivity index (χ0) is 15.0. The van der Waals surface area contributed by atoms with E-state index in [9.17, 15) is 14.0 Å². The molecule has 1 N–H and O–H groups in total. The summed E-state index contributed by atoms with van der Waals surface area (Å²) in [6, 6.07) is 6.19. The Labute approximate surface area is 119 Å².